The van der Waals surface area contributed by atoms with Gasteiger partial charge in [0.15, 0.2) is 0 Å². The predicted octanol–water partition coefficient (Wildman–Crippen LogP) is 4.04. The second-order valence-corrected chi connectivity index (χ2v) is 14.1. The SMILES string of the molecule is Cc1cccc(C)c1NC(=O)C1N([C@@H](CO)C(C)C)C(=O)[C@@H]2[C@H](C(=O)NCc3ccccc3)[C@H]3SC12CC3Br. The van der Waals surface area contributed by atoms with Crippen molar-refractivity contribution in [2.75, 3.05) is 11.9 Å². The number of nitrogens with one attached hydrogen (secondary N) is 2. The standard InChI is InChI=1S/C30H36BrN3O4S/c1-16(2)21(15-35)34-26(28(37)33-24-17(3)9-8-10-18(24)4)30-13-20(31)25(39-30)22(23(30)29(34)38)27(36)32-14-19-11-6-5-7-12-19/h5-12,16,20-23,25-26,35H,13-15H2,1-4H3,(H,32,36)(H,33,37)/t20?,21-,22-,23-,25-,26?,30?/m0/s1. The molecular formula is C30H36BrN3O4S. The summed E-state index contributed by atoms with van der Waals surface area (Å²) in [5.41, 5.74) is 3.61. The lowest BCUT2D eigenvalue weighted by Gasteiger charge is -2.38. The average molecular weight is 615 g/mol. The van der Waals surface area contributed by atoms with Gasteiger partial charge in [0.05, 0.1) is 29.2 Å². The highest BCUT2D eigenvalue weighted by atomic mass is 79.9. The van der Waals surface area contributed by atoms with Gasteiger partial charge in [-0.2, -0.15) is 0 Å². The summed E-state index contributed by atoms with van der Waals surface area (Å²) >= 11 is 5.41. The Morgan fingerprint density at radius 1 is 1.10 bits per heavy atom. The molecule has 0 saturated carbocycles. The van der Waals surface area contributed by atoms with Crippen LogP contribution in [0, 0.1) is 31.6 Å². The molecule has 2 aromatic carbocycles. The quantitative estimate of drug-likeness (QED) is 0.390. The number of benzene rings is 2. The molecule has 0 aromatic heterocycles. The Morgan fingerprint density at radius 2 is 1.77 bits per heavy atom. The van der Waals surface area contributed by atoms with Gasteiger partial charge in [-0.3, -0.25) is 14.4 Å². The van der Waals surface area contributed by atoms with Crippen LogP contribution in [0.3, 0.4) is 0 Å². The van der Waals surface area contributed by atoms with Crippen LogP contribution in [0.5, 0.6) is 0 Å². The van der Waals surface area contributed by atoms with Gasteiger partial charge in [-0.1, -0.05) is 78.3 Å². The number of alkyl halides is 1. The Morgan fingerprint density at radius 3 is 2.38 bits per heavy atom. The molecular weight excluding hydrogens is 578 g/mol. The molecule has 3 N–H and O–H groups in total. The van der Waals surface area contributed by atoms with Crippen molar-refractivity contribution in [1.82, 2.24) is 10.2 Å². The number of aliphatic hydroxyl groups is 1. The molecule has 3 unspecified atom stereocenters. The first-order chi connectivity index (χ1) is 18.6. The van der Waals surface area contributed by atoms with Gasteiger partial charge >= 0.3 is 0 Å². The highest BCUT2D eigenvalue weighted by molar-refractivity contribution is 9.09. The molecule has 0 aliphatic carbocycles. The molecule has 3 aliphatic heterocycles. The van der Waals surface area contributed by atoms with Crippen LogP contribution in [0.25, 0.3) is 0 Å². The number of halogens is 1. The van der Waals surface area contributed by atoms with Crippen LogP contribution < -0.4 is 10.6 Å². The van der Waals surface area contributed by atoms with Gasteiger partial charge in [0.1, 0.15) is 6.04 Å². The van der Waals surface area contributed by atoms with Crippen molar-refractivity contribution in [3.63, 3.8) is 0 Å². The van der Waals surface area contributed by atoms with Gasteiger partial charge in [0, 0.05) is 22.3 Å². The third kappa shape index (κ3) is 4.70. The Balaban J connectivity index is 1.52. The summed E-state index contributed by atoms with van der Waals surface area (Å²) in [5.74, 6) is -1.92. The first kappa shape index (κ1) is 28.2. The number of aliphatic hydroxyl groups excluding tert-OH is 1. The molecule has 3 saturated heterocycles. The van der Waals surface area contributed by atoms with Crippen LogP contribution >= 0.6 is 27.7 Å². The van der Waals surface area contributed by atoms with Crippen molar-refractivity contribution in [3.05, 3.63) is 65.2 Å². The molecule has 9 heteroatoms. The zero-order chi connectivity index (χ0) is 28.1. The number of aryl methyl sites for hydroxylation is 2. The van der Waals surface area contributed by atoms with E-state index in [1.807, 2.05) is 76.2 Å². The fourth-order valence-electron chi connectivity index (χ4n) is 6.75. The lowest BCUT2D eigenvalue weighted by molar-refractivity contribution is -0.143. The second kappa shape index (κ2) is 10.9. The van der Waals surface area contributed by atoms with Gasteiger partial charge in [-0.25, -0.2) is 0 Å². The van der Waals surface area contributed by atoms with Crippen LogP contribution in [-0.4, -0.2) is 61.2 Å². The van der Waals surface area contributed by atoms with E-state index in [0.717, 1.165) is 22.4 Å². The van der Waals surface area contributed by atoms with E-state index in [1.54, 1.807) is 16.7 Å². The van der Waals surface area contributed by atoms with Crippen molar-refractivity contribution in [2.24, 2.45) is 17.8 Å². The molecule has 39 heavy (non-hydrogen) atoms. The van der Waals surface area contributed by atoms with Gasteiger partial charge < -0.3 is 20.6 Å². The summed E-state index contributed by atoms with van der Waals surface area (Å²) in [6.45, 7) is 7.91. The summed E-state index contributed by atoms with van der Waals surface area (Å²) < 4.78 is -0.770. The Bertz CT molecular complexity index is 1250. The molecule has 7 nitrogen and oxygen atoms in total. The number of para-hydroxylation sites is 1. The van der Waals surface area contributed by atoms with Crippen molar-refractivity contribution < 1.29 is 19.5 Å². The van der Waals surface area contributed by atoms with Crippen molar-refractivity contribution >= 4 is 51.1 Å². The molecule has 208 valence electrons. The number of nitrogens with zero attached hydrogens (tertiary/aromatic N) is 1. The minimum Gasteiger partial charge on any atom is -0.394 e. The monoisotopic (exact) mass is 613 g/mol. The summed E-state index contributed by atoms with van der Waals surface area (Å²) in [4.78, 5) is 43.8. The van der Waals surface area contributed by atoms with Crippen LogP contribution in [0.1, 0.15) is 37.0 Å². The number of thioether (sulfide) groups is 1. The van der Waals surface area contributed by atoms with Gasteiger partial charge in [-0.15, -0.1) is 11.8 Å². The van der Waals surface area contributed by atoms with E-state index in [0.29, 0.717) is 13.0 Å². The molecule has 3 heterocycles. The summed E-state index contributed by atoms with van der Waals surface area (Å²) in [6, 6.07) is 14.2. The molecule has 3 amide bonds. The third-order valence-corrected chi connectivity index (χ3v) is 11.9. The molecule has 0 radical (unpaired) electrons. The lowest BCUT2D eigenvalue weighted by atomic mass is 9.70. The van der Waals surface area contributed by atoms with Crippen LogP contribution in [-0.2, 0) is 20.9 Å². The Kier molecular flexibility index (Phi) is 7.87. The number of carbonyl (C=O) groups is 3. The van der Waals surface area contributed by atoms with Gasteiger partial charge in [-0.05, 0) is 42.9 Å². The number of amides is 3. The zero-order valence-electron chi connectivity index (χ0n) is 22.7. The van der Waals surface area contributed by atoms with E-state index in [4.69, 9.17) is 0 Å². The third-order valence-electron chi connectivity index (χ3n) is 8.63. The normalized spacial score (nSPS) is 30.0. The molecule has 2 aromatic rings. The van der Waals surface area contributed by atoms with E-state index in [1.165, 1.54) is 0 Å². The molecule has 7 atom stereocenters. The van der Waals surface area contributed by atoms with Gasteiger partial charge in [0.2, 0.25) is 17.7 Å². The van der Waals surface area contributed by atoms with Gasteiger partial charge in [0.25, 0.3) is 0 Å². The number of carbonyl (C=O) groups excluding carboxylic acids is 3. The van der Waals surface area contributed by atoms with E-state index in [9.17, 15) is 19.5 Å². The maximum absolute atomic E-state index is 14.3. The van der Waals surface area contributed by atoms with E-state index >= 15 is 0 Å². The topological polar surface area (TPSA) is 98.7 Å². The van der Waals surface area contributed by atoms with Crippen molar-refractivity contribution in [2.45, 2.75) is 67.6 Å². The first-order valence-electron chi connectivity index (χ1n) is 13.5. The molecule has 3 fully saturated rings. The lowest BCUT2D eigenvalue weighted by Crippen LogP contribution is -2.56. The second-order valence-electron chi connectivity index (χ2n) is 11.4. The minimum atomic E-state index is -0.810. The minimum absolute atomic E-state index is 0.0129. The summed E-state index contributed by atoms with van der Waals surface area (Å²) in [5, 5.41) is 16.5. The van der Waals surface area contributed by atoms with Crippen molar-refractivity contribution in [3.8, 4) is 0 Å². The van der Waals surface area contributed by atoms with Crippen LogP contribution in [0.4, 0.5) is 5.69 Å². The number of likely N-dealkylation sites (tertiary alicyclic amines) is 1. The largest absolute Gasteiger partial charge is 0.394 e. The maximum Gasteiger partial charge on any atom is 0.248 e. The van der Waals surface area contributed by atoms with E-state index < -0.39 is 28.7 Å². The molecule has 5 rings (SSSR count). The molecule has 3 aliphatic rings. The molecule has 2 bridgehead atoms. The predicted molar refractivity (Wildman–Crippen MR) is 158 cm³/mol. The first-order valence-corrected chi connectivity index (χ1v) is 15.3. The number of rotatable bonds is 8. The Hall–Kier alpha value is -2.36. The van der Waals surface area contributed by atoms with Crippen LogP contribution in [0.2, 0.25) is 0 Å². The number of hydrogen-bond donors (Lipinski definition) is 3. The summed E-state index contributed by atoms with van der Waals surface area (Å²) in [6.07, 6.45) is 0.596. The summed E-state index contributed by atoms with van der Waals surface area (Å²) in [7, 11) is 0. The fraction of sp³-hybridized carbons (Fsp3) is 0.500. The highest BCUT2D eigenvalue weighted by Crippen LogP contribution is 2.68. The van der Waals surface area contributed by atoms with E-state index in [-0.39, 0.29) is 40.3 Å². The fourth-order valence-corrected chi connectivity index (χ4v) is 10.4. The zero-order valence-corrected chi connectivity index (χ0v) is 25.1. The number of hydrogen-bond acceptors (Lipinski definition) is 5. The van der Waals surface area contributed by atoms with E-state index in [2.05, 4.69) is 26.6 Å². The Labute approximate surface area is 242 Å². The smallest absolute Gasteiger partial charge is 0.248 e. The van der Waals surface area contributed by atoms with Crippen LogP contribution in [0.15, 0.2) is 48.5 Å². The average Bonchev–Trinajstić information content (AvgIpc) is 3.49. The highest BCUT2D eigenvalue weighted by Gasteiger charge is 2.76. The number of fused-ring (bicyclic) bond motifs is 1. The van der Waals surface area contributed by atoms with Crippen molar-refractivity contribution in [1.29, 1.82) is 0 Å². The number of anilines is 1. The molecule has 1 spiro atoms. The maximum atomic E-state index is 14.3.